The summed E-state index contributed by atoms with van der Waals surface area (Å²) in [7, 11) is 0. The van der Waals surface area contributed by atoms with E-state index in [0.717, 1.165) is 5.57 Å². The molecule has 0 bridgehead atoms. The molecule has 0 amide bonds. The Balaban J connectivity index is 2.38. The molecule has 0 atom stereocenters. The van der Waals surface area contributed by atoms with Gasteiger partial charge in [-0.3, -0.25) is 0 Å². The number of allylic oxidation sites excluding steroid dienone is 2. The fourth-order valence-electron chi connectivity index (χ4n) is 1.49. The molecule has 0 N–H and O–H groups in total. The van der Waals surface area contributed by atoms with Gasteiger partial charge >= 0.3 is 0 Å². The summed E-state index contributed by atoms with van der Waals surface area (Å²) in [4.78, 5) is 0. The molecule has 13 heavy (non-hydrogen) atoms. The van der Waals surface area contributed by atoms with E-state index in [2.05, 4.69) is 37.4 Å². The van der Waals surface area contributed by atoms with E-state index >= 15 is 0 Å². The maximum atomic E-state index is 3.86. The molecule has 1 aliphatic rings. The van der Waals surface area contributed by atoms with Crippen molar-refractivity contribution < 1.29 is 0 Å². The first kappa shape index (κ1) is 8.06. The summed E-state index contributed by atoms with van der Waals surface area (Å²) in [5, 5.41) is 0. The Morgan fingerprint density at radius 3 is 2.69 bits per heavy atom. The van der Waals surface area contributed by atoms with Gasteiger partial charge in [0.25, 0.3) is 0 Å². The molecule has 2 rings (SSSR count). The lowest BCUT2D eigenvalue weighted by Crippen LogP contribution is -1.64. The highest BCUT2D eigenvalue weighted by Crippen LogP contribution is 2.43. The maximum Gasteiger partial charge on any atom is -0.00929 e. The van der Waals surface area contributed by atoms with Crippen LogP contribution in [-0.2, 0) is 0 Å². The number of hydrogen-bond donors (Lipinski definition) is 0. The summed E-state index contributed by atoms with van der Waals surface area (Å²) in [5.74, 6) is 0. The number of benzene rings is 1. The third-order valence-electron chi connectivity index (χ3n) is 2.19. The first-order valence-corrected chi connectivity index (χ1v) is 4.37. The molecular weight excluding hydrogens is 156 g/mol. The summed E-state index contributed by atoms with van der Waals surface area (Å²) in [6.45, 7) is 9.62. The van der Waals surface area contributed by atoms with Gasteiger partial charge in [0.2, 0.25) is 0 Å². The number of hydrogen-bond acceptors (Lipinski definition) is 0. The second-order valence-electron chi connectivity index (χ2n) is 3.41. The Morgan fingerprint density at radius 2 is 2.08 bits per heavy atom. The maximum absolute atomic E-state index is 3.86. The lowest BCUT2D eigenvalue weighted by molar-refractivity contribution is 1.58. The highest BCUT2D eigenvalue weighted by atomic mass is 14.3. The van der Waals surface area contributed by atoms with E-state index in [9.17, 15) is 0 Å². The Morgan fingerprint density at radius 1 is 1.31 bits per heavy atom. The largest absolute Gasteiger partial charge is 0.0985 e. The van der Waals surface area contributed by atoms with Gasteiger partial charge in [-0.15, -0.1) is 0 Å². The number of fused-ring (bicyclic) bond motifs is 1. The molecule has 0 unspecified atom stereocenters. The van der Waals surface area contributed by atoms with E-state index in [4.69, 9.17) is 0 Å². The molecule has 0 aliphatic heterocycles. The molecule has 0 spiro atoms. The second kappa shape index (κ2) is 2.74. The fourth-order valence-corrected chi connectivity index (χ4v) is 1.49. The zero-order valence-electron chi connectivity index (χ0n) is 7.80. The third-order valence-corrected chi connectivity index (χ3v) is 2.19. The molecule has 0 saturated carbocycles. The van der Waals surface area contributed by atoms with Gasteiger partial charge in [-0.25, -0.2) is 0 Å². The third kappa shape index (κ3) is 1.35. The van der Waals surface area contributed by atoms with E-state index < -0.39 is 0 Å². The van der Waals surface area contributed by atoms with Gasteiger partial charge < -0.3 is 0 Å². The zero-order valence-corrected chi connectivity index (χ0v) is 7.80. The zero-order chi connectivity index (χ0) is 9.42. The first-order chi connectivity index (χ1) is 6.22. The normalized spacial score (nSPS) is 15.3. The summed E-state index contributed by atoms with van der Waals surface area (Å²) >= 11 is 0. The van der Waals surface area contributed by atoms with Gasteiger partial charge in [0.1, 0.15) is 0 Å². The lowest BCUT2D eigenvalue weighted by atomic mass is 10.2. The van der Waals surface area contributed by atoms with Crippen LogP contribution in [0, 0.1) is 0 Å². The molecule has 1 aromatic carbocycles. The van der Waals surface area contributed by atoms with Crippen molar-refractivity contribution in [2.45, 2.75) is 6.92 Å². The topological polar surface area (TPSA) is 0 Å². The smallest absolute Gasteiger partial charge is 0.00929 e. The van der Waals surface area contributed by atoms with Crippen LogP contribution in [-0.4, -0.2) is 0 Å². The van der Waals surface area contributed by atoms with Gasteiger partial charge in [-0.05, 0) is 35.3 Å². The Labute approximate surface area is 78.9 Å². The van der Waals surface area contributed by atoms with Crippen LogP contribution < -0.4 is 0 Å². The van der Waals surface area contributed by atoms with Gasteiger partial charge in [-0.1, -0.05) is 43.0 Å². The van der Waals surface area contributed by atoms with Crippen molar-refractivity contribution in [3.05, 3.63) is 59.7 Å². The Bertz CT molecular complexity index is 420. The second-order valence-corrected chi connectivity index (χ2v) is 3.41. The first-order valence-electron chi connectivity index (χ1n) is 4.37. The van der Waals surface area contributed by atoms with Crippen molar-refractivity contribution in [3.8, 4) is 0 Å². The van der Waals surface area contributed by atoms with Crippen molar-refractivity contribution in [1.29, 1.82) is 0 Å². The summed E-state index contributed by atoms with van der Waals surface area (Å²) in [6.07, 6.45) is 3.99. The Hall–Kier alpha value is -1.56. The van der Waals surface area contributed by atoms with Gasteiger partial charge in [-0.2, -0.15) is 0 Å². The molecule has 0 nitrogen and oxygen atoms in total. The molecule has 0 heterocycles. The standard InChI is InChI=1S/C13H12/c1-4-10-5-6-11-12(7-9(2)3)13(11)8-10/h4-8H,1-2H2,3H3/b12-7-. The van der Waals surface area contributed by atoms with Crippen LogP contribution in [0.15, 0.2) is 43.0 Å². The highest BCUT2D eigenvalue weighted by molar-refractivity contribution is 6.01. The highest BCUT2D eigenvalue weighted by Gasteiger charge is 2.23. The number of rotatable bonds is 2. The van der Waals surface area contributed by atoms with Gasteiger partial charge in [0.15, 0.2) is 0 Å². The van der Waals surface area contributed by atoms with Crippen LogP contribution in [0.5, 0.6) is 0 Å². The van der Waals surface area contributed by atoms with Crippen LogP contribution in [0.3, 0.4) is 0 Å². The van der Waals surface area contributed by atoms with E-state index in [1.54, 1.807) is 0 Å². The summed E-state index contributed by atoms with van der Waals surface area (Å²) in [5.41, 5.74) is 6.32. The van der Waals surface area contributed by atoms with E-state index in [0.29, 0.717) is 0 Å². The lowest BCUT2D eigenvalue weighted by Gasteiger charge is -1.84. The molecule has 0 saturated heterocycles. The minimum Gasteiger partial charge on any atom is -0.0985 e. The van der Waals surface area contributed by atoms with Crippen molar-refractivity contribution in [3.63, 3.8) is 0 Å². The minimum absolute atomic E-state index is 1.10. The van der Waals surface area contributed by atoms with Gasteiger partial charge in [0, 0.05) is 0 Å². The molecule has 1 aromatic rings. The minimum atomic E-state index is 1.10. The van der Waals surface area contributed by atoms with E-state index in [1.807, 2.05) is 13.0 Å². The van der Waals surface area contributed by atoms with E-state index in [-0.39, 0.29) is 0 Å². The van der Waals surface area contributed by atoms with Gasteiger partial charge in [0.05, 0.1) is 0 Å². The predicted octanol–water partition coefficient (Wildman–Crippen LogP) is 3.65. The SMILES string of the molecule is C=Cc1ccc2c(c1)/C2=C\C(=C)C. The quantitative estimate of drug-likeness (QED) is 0.642. The van der Waals surface area contributed by atoms with Crippen LogP contribution >= 0.6 is 0 Å². The average Bonchev–Trinajstić information content (AvgIpc) is 2.77. The van der Waals surface area contributed by atoms with Crippen molar-refractivity contribution in [2.75, 3.05) is 0 Å². The van der Waals surface area contributed by atoms with Crippen LogP contribution in [0.1, 0.15) is 23.6 Å². The monoisotopic (exact) mass is 168 g/mol. The van der Waals surface area contributed by atoms with Crippen molar-refractivity contribution >= 4 is 11.6 Å². The molecule has 0 radical (unpaired) electrons. The van der Waals surface area contributed by atoms with Crippen LogP contribution in [0.2, 0.25) is 0 Å². The molecule has 0 aromatic heterocycles. The van der Waals surface area contributed by atoms with Crippen molar-refractivity contribution in [2.24, 2.45) is 0 Å². The Kier molecular flexibility index (Phi) is 1.70. The molecule has 0 heteroatoms. The molecular formula is C13H12. The fraction of sp³-hybridized carbons (Fsp3) is 0.0769. The van der Waals surface area contributed by atoms with Crippen LogP contribution in [0.25, 0.3) is 11.6 Å². The van der Waals surface area contributed by atoms with Crippen LogP contribution in [0.4, 0.5) is 0 Å². The molecule has 1 aliphatic carbocycles. The average molecular weight is 168 g/mol. The predicted molar refractivity (Wildman–Crippen MR) is 58.4 cm³/mol. The molecule has 0 fully saturated rings. The summed E-state index contributed by atoms with van der Waals surface area (Å²) in [6, 6.07) is 6.39. The van der Waals surface area contributed by atoms with Crippen molar-refractivity contribution in [1.82, 2.24) is 0 Å². The summed E-state index contributed by atoms with van der Waals surface area (Å²) < 4.78 is 0. The van der Waals surface area contributed by atoms with E-state index in [1.165, 1.54) is 22.3 Å². The molecule has 64 valence electrons.